The fourth-order valence-electron chi connectivity index (χ4n) is 3.35. The normalized spacial score (nSPS) is 16.5. The number of hydrogen-bond donors (Lipinski definition) is 0. The number of hydrogen-bond acceptors (Lipinski definition) is 4. The largest absolute Gasteiger partial charge is 0.364 e. The smallest absolute Gasteiger partial charge is 0.289 e. The van der Waals surface area contributed by atoms with Gasteiger partial charge in [0.05, 0.1) is 11.0 Å². The average Bonchev–Trinajstić information content (AvgIpc) is 2.60. The van der Waals surface area contributed by atoms with Gasteiger partial charge in [-0.1, -0.05) is 31.2 Å². The third kappa shape index (κ3) is 2.64. The molecule has 1 unspecified atom stereocenters. The molecule has 0 N–H and O–H groups in total. The van der Waals surface area contributed by atoms with Crippen LogP contribution in [0.3, 0.4) is 0 Å². The van der Waals surface area contributed by atoms with Gasteiger partial charge in [-0.15, -0.1) is 0 Å². The Kier molecular flexibility index (Phi) is 3.98. The van der Waals surface area contributed by atoms with Crippen molar-refractivity contribution in [3.05, 3.63) is 69.3 Å². The van der Waals surface area contributed by atoms with Crippen molar-refractivity contribution in [2.24, 2.45) is 0 Å². The highest BCUT2D eigenvalue weighted by atomic mass is 16.6. The molecule has 0 amide bonds. The van der Waals surface area contributed by atoms with Crippen LogP contribution in [0.1, 0.15) is 36.1 Å². The maximum Gasteiger partial charge on any atom is 0.289 e. The van der Waals surface area contributed by atoms with Gasteiger partial charge in [0.25, 0.3) is 5.69 Å². The molecular weight excluding hydrogens is 290 g/mol. The highest BCUT2D eigenvalue weighted by Gasteiger charge is 2.27. The number of nitrogens with zero attached hydrogens (tertiary/aromatic N) is 3. The zero-order chi connectivity index (χ0) is 16.4. The van der Waals surface area contributed by atoms with Crippen molar-refractivity contribution in [1.29, 1.82) is 5.26 Å². The van der Waals surface area contributed by atoms with Crippen molar-refractivity contribution in [3.63, 3.8) is 0 Å². The molecule has 2 aromatic carbocycles. The maximum absolute atomic E-state index is 11.2. The molecule has 1 aliphatic heterocycles. The lowest BCUT2D eigenvalue weighted by atomic mass is 9.90. The molecule has 1 aliphatic rings. The predicted molar refractivity (Wildman–Crippen MR) is 88.3 cm³/mol. The van der Waals surface area contributed by atoms with Crippen LogP contribution < -0.4 is 4.90 Å². The number of anilines is 1. The summed E-state index contributed by atoms with van der Waals surface area (Å²) in [5, 5.41) is 20.2. The van der Waals surface area contributed by atoms with E-state index >= 15 is 0 Å². The van der Waals surface area contributed by atoms with E-state index in [2.05, 4.69) is 24.0 Å². The second kappa shape index (κ2) is 6.09. The second-order valence-corrected chi connectivity index (χ2v) is 5.64. The molecule has 2 aromatic rings. The first-order chi connectivity index (χ1) is 11.2. The number of nitro groups is 1. The van der Waals surface area contributed by atoms with Crippen LogP contribution in [-0.4, -0.2) is 11.5 Å². The van der Waals surface area contributed by atoms with Crippen molar-refractivity contribution in [2.45, 2.75) is 25.8 Å². The van der Waals surface area contributed by atoms with Crippen LogP contribution in [0, 0.1) is 21.4 Å². The van der Waals surface area contributed by atoms with E-state index in [-0.39, 0.29) is 17.3 Å². The Morgan fingerprint density at radius 3 is 2.83 bits per heavy atom. The minimum Gasteiger partial charge on any atom is -0.364 e. The number of benzene rings is 2. The zero-order valence-electron chi connectivity index (χ0n) is 12.9. The summed E-state index contributed by atoms with van der Waals surface area (Å²) in [4.78, 5) is 12.9. The van der Waals surface area contributed by atoms with Crippen LogP contribution in [0.25, 0.3) is 0 Å². The number of nitriles is 1. The van der Waals surface area contributed by atoms with Crippen molar-refractivity contribution in [1.82, 2.24) is 0 Å². The van der Waals surface area contributed by atoms with Crippen LogP contribution in [0.5, 0.6) is 0 Å². The van der Waals surface area contributed by atoms with Gasteiger partial charge < -0.3 is 4.90 Å². The third-order valence-corrected chi connectivity index (χ3v) is 4.43. The number of nitro benzene ring substituents is 1. The summed E-state index contributed by atoms with van der Waals surface area (Å²) in [7, 11) is 0. The lowest BCUT2D eigenvalue weighted by Gasteiger charge is -2.38. The van der Waals surface area contributed by atoms with E-state index < -0.39 is 4.92 Å². The summed E-state index contributed by atoms with van der Waals surface area (Å²) in [5.41, 5.74) is 3.41. The van der Waals surface area contributed by atoms with E-state index in [9.17, 15) is 10.1 Å². The highest BCUT2D eigenvalue weighted by Crippen LogP contribution is 2.37. The summed E-state index contributed by atoms with van der Waals surface area (Å²) in [6.45, 7) is 2.94. The van der Waals surface area contributed by atoms with E-state index in [0.29, 0.717) is 0 Å². The molecule has 0 bridgehead atoms. The van der Waals surface area contributed by atoms with Crippen molar-refractivity contribution in [2.75, 3.05) is 11.4 Å². The Bertz CT molecular complexity index is 795. The first kappa shape index (κ1) is 15.0. The van der Waals surface area contributed by atoms with Gasteiger partial charge in [-0.25, -0.2) is 0 Å². The van der Waals surface area contributed by atoms with Gasteiger partial charge in [0.1, 0.15) is 11.6 Å². The highest BCUT2D eigenvalue weighted by molar-refractivity contribution is 5.62. The number of rotatable bonds is 3. The van der Waals surface area contributed by atoms with E-state index in [4.69, 9.17) is 5.26 Å². The first-order valence-corrected chi connectivity index (χ1v) is 7.68. The molecular formula is C18H17N3O2. The molecule has 0 aliphatic carbocycles. The van der Waals surface area contributed by atoms with Crippen LogP contribution in [-0.2, 0) is 6.42 Å². The molecule has 1 atom stereocenters. The summed E-state index contributed by atoms with van der Waals surface area (Å²) >= 11 is 0. The van der Waals surface area contributed by atoms with Crippen LogP contribution in [0.4, 0.5) is 11.4 Å². The maximum atomic E-state index is 11.2. The fourth-order valence-corrected chi connectivity index (χ4v) is 3.35. The Labute approximate surface area is 134 Å². The summed E-state index contributed by atoms with van der Waals surface area (Å²) < 4.78 is 0. The molecule has 116 valence electrons. The first-order valence-electron chi connectivity index (χ1n) is 7.68. The van der Waals surface area contributed by atoms with E-state index in [1.165, 1.54) is 17.2 Å². The summed E-state index contributed by atoms with van der Waals surface area (Å²) in [6.07, 6.45) is 1.84. The van der Waals surface area contributed by atoms with Crippen molar-refractivity contribution >= 4 is 11.4 Å². The molecule has 3 rings (SSSR count). The lowest BCUT2D eigenvalue weighted by molar-refractivity contribution is -0.385. The minimum atomic E-state index is -0.485. The Morgan fingerprint density at radius 1 is 1.35 bits per heavy atom. The molecule has 0 fully saturated rings. The second-order valence-electron chi connectivity index (χ2n) is 5.64. The molecule has 5 nitrogen and oxygen atoms in total. The van der Waals surface area contributed by atoms with E-state index in [0.717, 1.165) is 25.1 Å². The van der Waals surface area contributed by atoms with Gasteiger partial charge in [0.15, 0.2) is 0 Å². The van der Waals surface area contributed by atoms with Gasteiger partial charge in [-0.05, 0) is 36.1 Å². The van der Waals surface area contributed by atoms with E-state index in [1.807, 2.05) is 24.3 Å². The zero-order valence-corrected chi connectivity index (χ0v) is 12.9. The molecule has 0 spiro atoms. The Balaban J connectivity index is 2.04. The van der Waals surface area contributed by atoms with Gasteiger partial charge >= 0.3 is 0 Å². The van der Waals surface area contributed by atoms with Gasteiger partial charge in [0, 0.05) is 18.3 Å². The van der Waals surface area contributed by atoms with Crippen LogP contribution >= 0.6 is 0 Å². The van der Waals surface area contributed by atoms with Crippen molar-refractivity contribution in [3.8, 4) is 6.07 Å². The molecule has 1 heterocycles. The average molecular weight is 307 g/mol. The molecule has 23 heavy (non-hydrogen) atoms. The standard InChI is InChI=1S/C18H17N3O2/c1-2-17-16-6-4-3-5-13(16)9-10-20(17)15-8-7-14(12-19)18(11-15)21(22)23/h3-8,11,17H,2,9-10H2,1H3. The van der Waals surface area contributed by atoms with Gasteiger partial charge in [0.2, 0.25) is 0 Å². The number of fused-ring (bicyclic) bond motifs is 1. The fraction of sp³-hybridized carbons (Fsp3) is 0.278. The molecule has 0 aromatic heterocycles. The molecule has 5 heteroatoms. The summed E-state index contributed by atoms with van der Waals surface area (Å²) in [6, 6.07) is 15.3. The molecule has 0 radical (unpaired) electrons. The van der Waals surface area contributed by atoms with Gasteiger partial charge in [-0.2, -0.15) is 5.26 Å². The molecule has 0 saturated heterocycles. The molecule has 0 saturated carbocycles. The van der Waals surface area contributed by atoms with E-state index in [1.54, 1.807) is 6.07 Å². The Morgan fingerprint density at radius 2 is 2.13 bits per heavy atom. The predicted octanol–water partition coefficient (Wildman–Crippen LogP) is 3.98. The monoisotopic (exact) mass is 307 g/mol. The van der Waals surface area contributed by atoms with Crippen molar-refractivity contribution < 1.29 is 4.92 Å². The Hall–Kier alpha value is -2.87. The lowest BCUT2D eigenvalue weighted by Crippen LogP contribution is -2.35. The third-order valence-electron chi connectivity index (χ3n) is 4.43. The quantitative estimate of drug-likeness (QED) is 0.635. The topological polar surface area (TPSA) is 70.2 Å². The SMILES string of the molecule is CCC1c2ccccc2CCN1c1ccc(C#N)c([N+](=O)[O-])c1. The van der Waals surface area contributed by atoms with Crippen LogP contribution in [0.2, 0.25) is 0 Å². The van der Waals surface area contributed by atoms with Crippen LogP contribution in [0.15, 0.2) is 42.5 Å². The summed E-state index contributed by atoms with van der Waals surface area (Å²) in [5.74, 6) is 0. The minimum absolute atomic E-state index is 0.101. The van der Waals surface area contributed by atoms with Gasteiger partial charge in [-0.3, -0.25) is 10.1 Å².